The van der Waals surface area contributed by atoms with Crippen LogP contribution in [0.3, 0.4) is 0 Å². The SMILES string of the molecule is Cc1csc2c(N3CCCC(N(C)S(=O)(=O)C4CC4)C3)ncnc12. The lowest BCUT2D eigenvalue weighted by atomic mass is 10.1. The van der Waals surface area contributed by atoms with Gasteiger partial charge in [-0.2, -0.15) is 4.31 Å². The molecule has 0 spiro atoms. The molecule has 130 valence electrons. The summed E-state index contributed by atoms with van der Waals surface area (Å²) in [6, 6.07) is 0.0235. The lowest BCUT2D eigenvalue weighted by Gasteiger charge is -2.37. The van der Waals surface area contributed by atoms with Gasteiger partial charge >= 0.3 is 0 Å². The summed E-state index contributed by atoms with van der Waals surface area (Å²) in [5, 5.41) is 1.96. The van der Waals surface area contributed by atoms with E-state index in [0.29, 0.717) is 6.54 Å². The lowest BCUT2D eigenvalue weighted by molar-refractivity contribution is 0.319. The molecule has 1 saturated heterocycles. The first-order valence-electron chi connectivity index (χ1n) is 8.39. The summed E-state index contributed by atoms with van der Waals surface area (Å²) < 4.78 is 27.8. The highest BCUT2D eigenvalue weighted by atomic mass is 32.2. The van der Waals surface area contributed by atoms with Crippen LogP contribution < -0.4 is 4.90 Å². The Hall–Kier alpha value is -1.25. The average molecular weight is 367 g/mol. The van der Waals surface area contributed by atoms with Gasteiger partial charge in [0.15, 0.2) is 0 Å². The molecule has 4 rings (SSSR count). The molecule has 2 aromatic heterocycles. The fourth-order valence-electron chi connectivity index (χ4n) is 3.43. The lowest BCUT2D eigenvalue weighted by Crippen LogP contribution is -2.49. The van der Waals surface area contributed by atoms with Crippen LogP contribution in [0.1, 0.15) is 31.2 Å². The molecule has 1 aliphatic carbocycles. The molecule has 1 atom stereocenters. The van der Waals surface area contributed by atoms with Gasteiger partial charge in [0, 0.05) is 26.2 Å². The molecule has 2 fully saturated rings. The van der Waals surface area contributed by atoms with Crippen molar-refractivity contribution in [3.05, 3.63) is 17.3 Å². The molecular formula is C16H22N4O2S2. The number of anilines is 1. The van der Waals surface area contributed by atoms with Gasteiger partial charge < -0.3 is 4.90 Å². The van der Waals surface area contributed by atoms with Crippen LogP contribution in [0.4, 0.5) is 5.82 Å². The van der Waals surface area contributed by atoms with E-state index in [1.54, 1.807) is 29.0 Å². The van der Waals surface area contributed by atoms with Gasteiger partial charge in [-0.15, -0.1) is 11.3 Å². The number of hydrogen-bond donors (Lipinski definition) is 0. The highest BCUT2D eigenvalue weighted by Crippen LogP contribution is 2.35. The summed E-state index contributed by atoms with van der Waals surface area (Å²) in [6.07, 6.45) is 5.13. The van der Waals surface area contributed by atoms with Crippen molar-refractivity contribution in [1.82, 2.24) is 14.3 Å². The molecule has 6 nitrogen and oxygen atoms in total. The maximum Gasteiger partial charge on any atom is 0.217 e. The minimum Gasteiger partial charge on any atom is -0.354 e. The summed E-state index contributed by atoms with van der Waals surface area (Å²) in [6.45, 7) is 3.67. The highest BCUT2D eigenvalue weighted by Gasteiger charge is 2.42. The number of piperidine rings is 1. The topological polar surface area (TPSA) is 66.4 Å². The predicted molar refractivity (Wildman–Crippen MR) is 97.1 cm³/mol. The molecule has 0 aromatic carbocycles. The molecule has 0 radical (unpaired) electrons. The summed E-state index contributed by atoms with van der Waals surface area (Å²) >= 11 is 1.67. The van der Waals surface area contributed by atoms with E-state index >= 15 is 0 Å². The molecular weight excluding hydrogens is 344 g/mol. The van der Waals surface area contributed by atoms with E-state index in [1.807, 2.05) is 0 Å². The van der Waals surface area contributed by atoms with Crippen LogP contribution in [0.25, 0.3) is 10.2 Å². The van der Waals surface area contributed by atoms with Crippen molar-refractivity contribution in [2.75, 3.05) is 25.0 Å². The van der Waals surface area contributed by atoms with Crippen LogP contribution in [0.5, 0.6) is 0 Å². The van der Waals surface area contributed by atoms with Crippen molar-refractivity contribution < 1.29 is 8.42 Å². The van der Waals surface area contributed by atoms with Gasteiger partial charge in [0.25, 0.3) is 0 Å². The summed E-state index contributed by atoms with van der Waals surface area (Å²) in [7, 11) is -1.39. The Morgan fingerprint density at radius 1 is 1.29 bits per heavy atom. The zero-order valence-corrected chi connectivity index (χ0v) is 15.6. The van der Waals surface area contributed by atoms with Gasteiger partial charge in [0.1, 0.15) is 12.1 Å². The summed E-state index contributed by atoms with van der Waals surface area (Å²) in [5.41, 5.74) is 2.17. The zero-order chi connectivity index (χ0) is 16.9. The van der Waals surface area contributed by atoms with Crippen LogP contribution in [-0.2, 0) is 10.0 Å². The second-order valence-electron chi connectivity index (χ2n) is 6.80. The summed E-state index contributed by atoms with van der Waals surface area (Å²) in [5.74, 6) is 0.944. The number of likely N-dealkylation sites (N-methyl/N-ethyl adjacent to an activating group) is 1. The van der Waals surface area contributed by atoms with Gasteiger partial charge in [-0.1, -0.05) is 0 Å². The Morgan fingerprint density at radius 3 is 2.83 bits per heavy atom. The number of fused-ring (bicyclic) bond motifs is 1. The van der Waals surface area contributed by atoms with E-state index < -0.39 is 10.0 Å². The van der Waals surface area contributed by atoms with Crippen molar-refractivity contribution in [2.24, 2.45) is 0 Å². The number of sulfonamides is 1. The number of thiophene rings is 1. The van der Waals surface area contributed by atoms with E-state index in [-0.39, 0.29) is 11.3 Å². The van der Waals surface area contributed by atoms with Crippen LogP contribution in [0.15, 0.2) is 11.7 Å². The fraction of sp³-hybridized carbons (Fsp3) is 0.625. The van der Waals surface area contributed by atoms with E-state index in [2.05, 4.69) is 27.2 Å². The smallest absolute Gasteiger partial charge is 0.217 e. The zero-order valence-electron chi connectivity index (χ0n) is 14.0. The molecule has 8 heteroatoms. The van der Waals surface area contributed by atoms with Crippen LogP contribution in [-0.4, -0.2) is 54.1 Å². The molecule has 2 aliphatic rings. The Balaban J connectivity index is 1.60. The fourth-order valence-corrected chi connectivity index (χ4v) is 6.24. The minimum atomic E-state index is -3.13. The number of aryl methyl sites for hydroxylation is 1. The second kappa shape index (κ2) is 5.93. The van der Waals surface area contributed by atoms with Crippen molar-refractivity contribution in [2.45, 2.75) is 43.9 Å². The van der Waals surface area contributed by atoms with Crippen molar-refractivity contribution in [3.8, 4) is 0 Å². The van der Waals surface area contributed by atoms with Gasteiger partial charge in [-0.25, -0.2) is 18.4 Å². The number of rotatable bonds is 4. The van der Waals surface area contributed by atoms with Gasteiger partial charge in [0.2, 0.25) is 10.0 Å². The number of nitrogens with zero attached hydrogens (tertiary/aromatic N) is 4. The second-order valence-corrected chi connectivity index (χ2v) is 9.95. The third-order valence-corrected chi connectivity index (χ3v) is 8.57. The molecule has 3 heterocycles. The summed E-state index contributed by atoms with van der Waals surface area (Å²) in [4.78, 5) is 11.1. The number of aromatic nitrogens is 2. The van der Waals surface area contributed by atoms with Crippen LogP contribution >= 0.6 is 11.3 Å². The predicted octanol–water partition coefficient (Wildman–Crippen LogP) is 2.39. The monoisotopic (exact) mass is 366 g/mol. The Kier molecular flexibility index (Phi) is 4.01. The molecule has 0 bridgehead atoms. The van der Waals surface area contributed by atoms with Gasteiger partial charge in [-0.05, 0) is 43.6 Å². The molecule has 2 aromatic rings. The standard InChI is InChI=1S/C16H22N4O2S2/c1-11-9-23-15-14(11)17-10-18-16(15)20-7-3-4-12(8-20)19(2)24(21,22)13-5-6-13/h9-10,12-13H,3-8H2,1-2H3. The quantitative estimate of drug-likeness (QED) is 0.831. The van der Waals surface area contributed by atoms with Gasteiger partial charge in [0.05, 0.1) is 15.5 Å². The van der Waals surface area contributed by atoms with Crippen LogP contribution in [0.2, 0.25) is 0 Å². The maximum absolute atomic E-state index is 12.5. The van der Waals surface area contributed by atoms with Gasteiger partial charge in [-0.3, -0.25) is 0 Å². The Morgan fingerprint density at radius 2 is 2.08 bits per heavy atom. The molecule has 0 amide bonds. The third kappa shape index (κ3) is 2.70. The van der Waals surface area contributed by atoms with Crippen molar-refractivity contribution in [3.63, 3.8) is 0 Å². The molecule has 24 heavy (non-hydrogen) atoms. The largest absolute Gasteiger partial charge is 0.354 e. The van der Waals surface area contributed by atoms with Crippen LogP contribution in [0, 0.1) is 6.92 Å². The first-order valence-corrected chi connectivity index (χ1v) is 10.8. The van der Waals surface area contributed by atoms with E-state index in [0.717, 1.165) is 48.3 Å². The highest BCUT2D eigenvalue weighted by molar-refractivity contribution is 7.90. The van der Waals surface area contributed by atoms with Crippen molar-refractivity contribution >= 4 is 37.4 Å². The Labute approximate surface area is 146 Å². The molecule has 0 N–H and O–H groups in total. The maximum atomic E-state index is 12.5. The Bertz CT molecular complexity index is 860. The van der Waals surface area contributed by atoms with E-state index in [4.69, 9.17) is 0 Å². The van der Waals surface area contributed by atoms with Crippen molar-refractivity contribution in [1.29, 1.82) is 0 Å². The minimum absolute atomic E-state index is 0.0235. The molecule has 1 aliphatic heterocycles. The third-order valence-electron chi connectivity index (χ3n) is 5.07. The van der Waals surface area contributed by atoms with E-state index in [1.165, 1.54) is 5.56 Å². The average Bonchev–Trinajstić information content (AvgIpc) is 3.39. The molecule has 1 saturated carbocycles. The number of hydrogen-bond acceptors (Lipinski definition) is 6. The first-order chi connectivity index (χ1) is 11.5. The normalized spacial score (nSPS) is 22.5. The molecule has 1 unspecified atom stereocenters. The first kappa shape index (κ1) is 16.2. The van der Waals surface area contributed by atoms with E-state index in [9.17, 15) is 8.42 Å².